The van der Waals surface area contributed by atoms with E-state index in [0.717, 1.165) is 33.8 Å². The Hall–Kier alpha value is -3.78. The van der Waals surface area contributed by atoms with Gasteiger partial charge in [0.2, 0.25) is 4.80 Å². The number of benzene rings is 2. The lowest BCUT2D eigenvalue weighted by molar-refractivity contribution is -0.384. The van der Waals surface area contributed by atoms with Crippen LogP contribution in [0.3, 0.4) is 0 Å². The second kappa shape index (κ2) is 8.30. The van der Waals surface area contributed by atoms with Gasteiger partial charge in [-0.15, -0.1) is 11.3 Å². The molecular formula is C22H19N5O2S. The van der Waals surface area contributed by atoms with Crippen molar-refractivity contribution in [1.29, 1.82) is 0 Å². The molecule has 0 fully saturated rings. The summed E-state index contributed by atoms with van der Waals surface area (Å²) in [7, 11) is 0. The van der Waals surface area contributed by atoms with E-state index in [1.165, 1.54) is 23.5 Å². The zero-order valence-electron chi connectivity index (χ0n) is 16.4. The van der Waals surface area contributed by atoms with Crippen LogP contribution in [0.15, 0.2) is 76.3 Å². The van der Waals surface area contributed by atoms with E-state index < -0.39 is 4.92 Å². The number of aromatic amines is 1. The summed E-state index contributed by atoms with van der Waals surface area (Å²) in [6, 6.07) is 16.4. The van der Waals surface area contributed by atoms with Crippen LogP contribution in [0.5, 0.6) is 0 Å². The molecule has 0 radical (unpaired) electrons. The fraction of sp³-hybridized carbons (Fsp3) is 0.0909. The van der Waals surface area contributed by atoms with Gasteiger partial charge in [0.05, 0.1) is 28.2 Å². The predicted molar refractivity (Wildman–Crippen MR) is 119 cm³/mol. The predicted octanol–water partition coefficient (Wildman–Crippen LogP) is 5.18. The molecule has 2 aromatic heterocycles. The Balaban J connectivity index is 1.85. The van der Waals surface area contributed by atoms with Crippen molar-refractivity contribution in [2.75, 3.05) is 0 Å². The van der Waals surface area contributed by atoms with Crippen LogP contribution in [0.25, 0.3) is 11.3 Å². The lowest BCUT2D eigenvalue weighted by Crippen LogP contribution is -2.11. The van der Waals surface area contributed by atoms with Crippen molar-refractivity contribution in [2.24, 2.45) is 10.1 Å². The zero-order valence-corrected chi connectivity index (χ0v) is 17.3. The standard InChI is InChI=1S/C22H19N5O2S/c1-15-5-6-16(2)20(12-15)25-22-26(24-13-18-4-3-11-23-18)21(14-30-22)17-7-9-19(10-8-17)27(28)29/h3-14,23H,1-2H3. The molecule has 0 atom stereocenters. The third-order valence-corrected chi connectivity index (χ3v) is 5.39. The van der Waals surface area contributed by atoms with Crippen LogP contribution < -0.4 is 4.80 Å². The third kappa shape index (κ3) is 4.13. The van der Waals surface area contributed by atoms with Gasteiger partial charge in [0.1, 0.15) is 0 Å². The number of aromatic nitrogens is 2. The van der Waals surface area contributed by atoms with E-state index in [1.54, 1.807) is 23.0 Å². The molecule has 2 heterocycles. The third-order valence-electron chi connectivity index (χ3n) is 4.57. The van der Waals surface area contributed by atoms with E-state index in [-0.39, 0.29) is 5.69 Å². The van der Waals surface area contributed by atoms with Gasteiger partial charge in [-0.25, -0.2) is 9.67 Å². The van der Waals surface area contributed by atoms with Crippen LogP contribution in [0.1, 0.15) is 16.8 Å². The van der Waals surface area contributed by atoms with Crippen LogP contribution in [0, 0.1) is 24.0 Å². The molecule has 150 valence electrons. The number of nitrogens with zero attached hydrogens (tertiary/aromatic N) is 4. The fourth-order valence-electron chi connectivity index (χ4n) is 2.93. The maximum Gasteiger partial charge on any atom is 0.269 e. The van der Waals surface area contributed by atoms with Crippen molar-refractivity contribution < 1.29 is 4.92 Å². The number of nitro benzene ring substituents is 1. The first-order chi connectivity index (χ1) is 14.5. The summed E-state index contributed by atoms with van der Waals surface area (Å²) in [5.74, 6) is 0. The summed E-state index contributed by atoms with van der Waals surface area (Å²) in [6.07, 6.45) is 3.56. The Kier molecular flexibility index (Phi) is 5.40. The molecule has 2 aromatic carbocycles. The number of nitrogens with one attached hydrogen (secondary N) is 1. The van der Waals surface area contributed by atoms with Gasteiger partial charge in [-0.1, -0.05) is 12.1 Å². The van der Waals surface area contributed by atoms with Crippen molar-refractivity contribution in [3.63, 3.8) is 0 Å². The number of hydrogen-bond donors (Lipinski definition) is 1. The lowest BCUT2D eigenvalue weighted by Gasteiger charge is -2.04. The van der Waals surface area contributed by atoms with Crippen molar-refractivity contribution >= 4 is 28.9 Å². The minimum Gasteiger partial charge on any atom is -0.360 e. The highest BCUT2D eigenvalue weighted by atomic mass is 32.1. The second-order valence-electron chi connectivity index (χ2n) is 6.79. The van der Waals surface area contributed by atoms with E-state index in [1.807, 2.05) is 49.7 Å². The quantitative estimate of drug-likeness (QED) is 0.275. The number of non-ortho nitro benzene ring substituents is 1. The molecule has 7 nitrogen and oxygen atoms in total. The van der Waals surface area contributed by atoms with Gasteiger partial charge in [-0.2, -0.15) is 5.10 Å². The van der Waals surface area contributed by atoms with Gasteiger partial charge in [0.15, 0.2) is 0 Å². The average molecular weight is 417 g/mol. The topological polar surface area (TPSA) is 88.6 Å². The number of thiazole rings is 1. The highest BCUT2D eigenvalue weighted by Crippen LogP contribution is 2.24. The maximum atomic E-state index is 11.0. The fourth-order valence-corrected chi connectivity index (χ4v) is 3.78. The van der Waals surface area contributed by atoms with Crippen LogP contribution in [-0.2, 0) is 0 Å². The first-order valence-electron chi connectivity index (χ1n) is 9.26. The van der Waals surface area contributed by atoms with Gasteiger partial charge >= 0.3 is 0 Å². The number of rotatable bonds is 5. The molecule has 0 bridgehead atoms. The van der Waals surface area contributed by atoms with E-state index >= 15 is 0 Å². The molecular weight excluding hydrogens is 398 g/mol. The van der Waals surface area contributed by atoms with Gasteiger partial charge in [-0.05, 0) is 55.3 Å². The molecule has 4 rings (SSSR count). The summed E-state index contributed by atoms with van der Waals surface area (Å²) in [4.78, 5) is 19.2. The monoisotopic (exact) mass is 417 g/mol. The number of aryl methyl sites for hydroxylation is 2. The molecule has 1 N–H and O–H groups in total. The van der Waals surface area contributed by atoms with Crippen molar-refractivity contribution in [1.82, 2.24) is 9.66 Å². The SMILES string of the molecule is Cc1ccc(C)c(N=c2scc(-c3ccc([N+](=O)[O-])cc3)n2N=Cc2ccc[nH]2)c1. The summed E-state index contributed by atoms with van der Waals surface area (Å²) >= 11 is 1.47. The van der Waals surface area contributed by atoms with E-state index in [2.05, 4.69) is 16.2 Å². The Bertz CT molecular complexity index is 1280. The Morgan fingerprint density at radius 1 is 1.13 bits per heavy atom. The lowest BCUT2D eigenvalue weighted by atomic mass is 10.1. The zero-order chi connectivity index (χ0) is 21.1. The molecule has 0 amide bonds. The van der Waals surface area contributed by atoms with Crippen molar-refractivity contribution in [2.45, 2.75) is 13.8 Å². The minimum atomic E-state index is -0.407. The summed E-state index contributed by atoms with van der Waals surface area (Å²) in [5, 5.41) is 17.6. The molecule has 8 heteroatoms. The van der Waals surface area contributed by atoms with Gasteiger partial charge in [0.25, 0.3) is 5.69 Å². The molecule has 4 aromatic rings. The van der Waals surface area contributed by atoms with Crippen LogP contribution in [0.4, 0.5) is 11.4 Å². The molecule has 0 spiro atoms. The Morgan fingerprint density at radius 2 is 1.93 bits per heavy atom. The highest BCUT2D eigenvalue weighted by Gasteiger charge is 2.11. The van der Waals surface area contributed by atoms with Crippen molar-refractivity contribution in [3.8, 4) is 11.3 Å². The van der Waals surface area contributed by atoms with Crippen LogP contribution >= 0.6 is 11.3 Å². The first-order valence-corrected chi connectivity index (χ1v) is 10.1. The summed E-state index contributed by atoms with van der Waals surface area (Å²) in [5.41, 5.74) is 5.64. The normalized spacial score (nSPS) is 12.0. The number of hydrogen-bond acceptors (Lipinski definition) is 5. The van der Waals surface area contributed by atoms with Gasteiger partial charge in [-0.3, -0.25) is 10.1 Å². The summed E-state index contributed by atoms with van der Waals surface area (Å²) < 4.78 is 1.76. The summed E-state index contributed by atoms with van der Waals surface area (Å²) in [6.45, 7) is 4.06. The van der Waals surface area contributed by atoms with Gasteiger partial charge in [0, 0.05) is 29.3 Å². The molecule has 30 heavy (non-hydrogen) atoms. The van der Waals surface area contributed by atoms with Crippen LogP contribution in [0.2, 0.25) is 0 Å². The van der Waals surface area contributed by atoms with Crippen molar-refractivity contribution in [3.05, 3.63) is 97.9 Å². The molecule has 0 unspecified atom stereocenters. The van der Waals surface area contributed by atoms with Crippen LogP contribution in [-0.4, -0.2) is 20.8 Å². The molecule has 0 saturated heterocycles. The Labute approximate surface area is 176 Å². The second-order valence-corrected chi connectivity index (χ2v) is 7.63. The number of H-pyrrole nitrogens is 1. The minimum absolute atomic E-state index is 0.0516. The van der Waals surface area contributed by atoms with E-state index in [9.17, 15) is 10.1 Å². The van der Waals surface area contributed by atoms with Gasteiger partial charge < -0.3 is 4.98 Å². The maximum absolute atomic E-state index is 11.0. The largest absolute Gasteiger partial charge is 0.360 e. The average Bonchev–Trinajstić information content (AvgIpc) is 3.39. The smallest absolute Gasteiger partial charge is 0.269 e. The number of nitro groups is 1. The molecule has 0 aliphatic heterocycles. The molecule has 0 aliphatic rings. The Morgan fingerprint density at radius 3 is 2.63 bits per heavy atom. The van der Waals surface area contributed by atoms with E-state index in [0.29, 0.717) is 4.80 Å². The molecule has 0 saturated carbocycles. The first kappa shape index (κ1) is 19.5. The highest BCUT2D eigenvalue weighted by molar-refractivity contribution is 7.07. The molecule has 0 aliphatic carbocycles. The van der Waals surface area contributed by atoms with E-state index in [4.69, 9.17) is 4.99 Å².